The van der Waals surface area contributed by atoms with Crippen molar-refractivity contribution in [1.82, 2.24) is 5.32 Å². The summed E-state index contributed by atoms with van der Waals surface area (Å²) in [4.78, 5) is 13.3. The van der Waals surface area contributed by atoms with E-state index in [2.05, 4.69) is 79.9 Å². The molecule has 0 aliphatic carbocycles. The van der Waals surface area contributed by atoms with Gasteiger partial charge in [-0.15, -0.1) is 0 Å². The number of ether oxygens (including phenoxy) is 6. The van der Waals surface area contributed by atoms with E-state index < -0.39 is 124 Å². The molecular weight excluding hydrogens is 1080 g/mol. The molecule has 0 spiro atoms. The molecule has 1 amide bonds. The Bertz CT molecular complexity index is 1810. The molecule has 0 aromatic rings. The Morgan fingerprint density at radius 3 is 1.29 bits per heavy atom. The number of hydrogen-bond acceptors (Lipinski definition) is 18. The first-order chi connectivity index (χ1) is 40.8. The van der Waals surface area contributed by atoms with Gasteiger partial charge in [0, 0.05) is 6.42 Å². The number of carbonyl (C=O) groups is 1. The van der Waals surface area contributed by atoms with Crippen LogP contribution >= 0.6 is 0 Å². The van der Waals surface area contributed by atoms with Gasteiger partial charge in [-0.2, -0.15) is 0 Å². The van der Waals surface area contributed by atoms with Crippen LogP contribution in [0.4, 0.5) is 0 Å². The molecule has 0 aromatic heterocycles. The molecule has 17 unspecified atom stereocenters. The quantitative estimate of drug-likeness (QED) is 0.0216. The first kappa shape index (κ1) is 75.5. The van der Waals surface area contributed by atoms with Crippen LogP contribution in [0, 0.1) is 0 Å². The number of hydrogen-bond donors (Lipinski definition) is 12. The van der Waals surface area contributed by atoms with Gasteiger partial charge in [0.1, 0.15) is 73.2 Å². The standard InChI is InChI=1S/C65H113NO18/c1-3-5-7-9-11-12-13-14-15-16-17-18-19-20-21-22-23-24-25-26-27-28-29-30-31-32-33-34-35-36-37-39-41-43-53(71)66-48(49(70)42-40-38-10-8-6-4-2)47-79-63-59(77)56(74)61(51(45-68)81-63)84-65-60(78)57(75)62(52(46-69)82-65)83-64-58(76)55(73)54(72)50(44-67)80-64/h5,7,11-12,14-15,17-18,20-21,40,42,48-52,54-65,67-70,72-78H,3-4,6,8-10,13,16,19,22-39,41,43-47H2,1-2H3,(H,66,71)/b7-5-,12-11-,15-14-,18-17-,21-20-,42-40+. The third kappa shape index (κ3) is 30.0. The summed E-state index contributed by atoms with van der Waals surface area (Å²) >= 11 is 0. The summed E-state index contributed by atoms with van der Waals surface area (Å²) in [6, 6.07) is -0.971. The van der Waals surface area contributed by atoms with Gasteiger partial charge in [-0.25, -0.2) is 0 Å². The summed E-state index contributed by atoms with van der Waals surface area (Å²) in [6.45, 7) is 1.50. The number of nitrogens with one attached hydrogen (secondary N) is 1. The van der Waals surface area contributed by atoms with Gasteiger partial charge >= 0.3 is 0 Å². The number of amides is 1. The normalized spacial score (nSPS) is 29.7. The monoisotopic (exact) mass is 1200 g/mol. The van der Waals surface area contributed by atoms with Gasteiger partial charge in [-0.05, 0) is 64.2 Å². The van der Waals surface area contributed by atoms with Crippen molar-refractivity contribution in [2.45, 2.75) is 304 Å². The van der Waals surface area contributed by atoms with E-state index in [-0.39, 0.29) is 18.9 Å². The molecule has 486 valence electrons. The summed E-state index contributed by atoms with van der Waals surface area (Å²) in [5.74, 6) is -0.283. The van der Waals surface area contributed by atoms with Gasteiger partial charge in [-0.1, -0.05) is 202 Å². The first-order valence-corrected chi connectivity index (χ1v) is 32.2. The minimum Gasteiger partial charge on any atom is -0.394 e. The van der Waals surface area contributed by atoms with Crippen molar-refractivity contribution < 1.29 is 89.4 Å². The van der Waals surface area contributed by atoms with E-state index in [1.807, 2.05) is 6.08 Å². The van der Waals surface area contributed by atoms with Crippen molar-refractivity contribution in [2.75, 3.05) is 26.4 Å². The van der Waals surface area contributed by atoms with Crippen molar-refractivity contribution >= 4 is 5.91 Å². The molecule has 3 saturated heterocycles. The minimum atomic E-state index is -1.98. The Morgan fingerprint density at radius 2 is 0.821 bits per heavy atom. The van der Waals surface area contributed by atoms with Crippen molar-refractivity contribution in [1.29, 1.82) is 0 Å². The molecule has 3 aliphatic heterocycles. The lowest BCUT2D eigenvalue weighted by Gasteiger charge is -2.48. The van der Waals surface area contributed by atoms with Crippen LogP contribution in [0.1, 0.15) is 200 Å². The highest BCUT2D eigenvalue weighted by molar-refractivity contribution is 5.76. The second kappa shape index (κ2) is 47.3. The number of allylic oxidation sites excluding steroid dienone is 11. The van der Waals surface area contributed by atoms with E-state index in [1.165, 1.54) is 89.9 Å². The Morgan fingerprint density at radius 1 is 0.440 bits per heavy atom. The molecule has 0 radical (unpaired) electrons. The van der Waals surface area contributed by atoms with Gasteiger partial charge in [0.25, 0.3) is 0 Å². The van der Waals surface area contributed by atoms with Crippen molar-refractivity contribution in [2.24, 2.45) is 0 Å². The minimum absolute atomic E-state index is 0.240. The lowest BCUT2D eigenvalue weighted by atomic mass is 9.96. The predicted octanol–water partition coefficient (Wildman–Crippen LogP) is 6.99. The van der Waals surface area contributed by atoms with Crippen LogP contribution in [0.5, 0.6) is 0 Å². The zero-order chi connectivity index (χ0) is 61.2. The van der Waals surface area contributed by atoms with E-state index in [4.69, 9.17) is 28.4 Å². The molecule has 0 aromatic carbocycles. The van der Waals surface area contributed by atoms with Gasteiger partial charge in [-0.3, -0.25) is 4.79 Å². The Kier molecular flexibility index (Phi) is 42.5. The van der Waals surface area contributed by atoms with E-state index >= 15 is 0 Å². The van der Waals surface area contributed by atoms with Crippen LogP contribution in [0.15, 0.2) is 72.9 Å². The average Bonchev–Trinajstić information content (AvgIpc) is 2.27. The fourth-order valence-electron chi connectivity index (χ4n) is 10.5. The second-order valence-electron chi connectivity index (χ2n) is 22.8. The summed E-state index contributed by atoms with van der Waals surface area (Å²) in [7, 11) is 0. The van der Waals surface area contributed by atoms with Crippen LogP contribution in [0.3, 0.4) is 0 Å². The fourth-order valence-corrected chi connectivity index (χ4v) is 10.5. The van der Waals surface area contributed by atoms with Gasteiger partial charge in [0.2, 0.25) is 5.91 Å². The van der Waals surface area contributed by atoms with Crippen LogP contribution in [0.2, 0.25) is 0 Å². The Labute approximate surface area is 502 Å². The van der Waals surface area contributed by atoms with Gasteiger partial charge in [0.15, 0.2) is 18.9 Å². The fraction of sp³-hybridized carbons (Fsp3) is 0.800. The number of rotatable bonds is 47. The maximum absolute atomic E-state index is 13.3. The number of carbonyl (C=O) groups excluding carboxylic acids is 1. The third-order valence-electron chi connectivity index (χ3n) is 15.8. The highest BCUT2D eigenvalue weighted by Gasteiger charge is 2.53. The second-order valence-corrected chi connectivity index (χ2v) is 22.8. The summed E-state index contributed by atoms with van der Waals surface area (Å²) < 4.78 is 34.1. The number of unbranched alkanes of at least 4 members (excludes halogenated alkanes) is 21. The molecular formula is C65H113NO18. The molecule has 84 heavy (non-hydrogen) atoms. The maximum Gasteiger partial charge on any atom is 0.220 e. The van der Waals surface area contributed by atoms with Crippen molar-refractivity contribution in [3.8, 4) is 0 Å². The molecule has 19 heteroatoms. The summed E-state index contributed by atoms with van der Waals surface area (Å²) in [6.07, 6.45) is 31.1. The summed E-state index contributed by atoms with van der Waals surface area (Å²) in [5.41, 5.74) is 0. The van der Waals surface area contributed by atoms with Crippen LogP contribution < -0.4 is 5.32 Å². The zero-order valence-corrected chi connectivity index (χ0v) is 50.9. The lowest BCUT2D eigenvalue weighted by Crippen LogP contribution is -2.66. The molecule has 3 fully saturated rings. The average molecular weight is 1200 g/mol. The van der Waals surface area contributed by atoms with Crippen molar-refractivity contribution in [3.05, 3.63) is 72.9 Å². The van der Waals surface area contributed by atoms with Gasteiger partial charge in [0.05, 0.1) is 38.6 Å². The lowest BCUT2D eigenvalue weighted by molar-refractivity contribution is -0.379. The third-order valence-corrected chi connectivity index (χ3v) is 15.8. The number of aliphatic hydroxyl groups is 11. The first-order valence-electron chi connectivity index (χ1n) is 32.2. The molecule has 3 heterocycles. The van der Waals surface area contributed by atoms with E-state index in [0.29, 0.717) is 6.42 Å². The largest absolute Gasteiger partial charge is 0.394 e. The molecule has 17 atom stereocenters. The predicted molar refractivity (Wildman–Crippen MR) is 323 cm³/mol. The van der Waals surface area contributed by atoms with E-state index in [0.717, 1.165) is 83.5 Å². The van der Waals surface area contributed by atoms with Crippen molar-refractivity contribution in [3.63, 3.8) is 0 Å². The molecule has 3 rings (SSSR count). The number of aliphatic hydroxyl groups excluding tert-OH is 11. The molecule has 0 bridgehead atoms. The Hall–Kier alpha value is -2.77. The van der Waals surface area contributed by atoms with E-state index in [9.17, 15) is 61.0 Å². The maximum atomic E-state index is 13.3. The highest BCUT2D eigenvalue weighted by Crippen LogP contribution is 2.33. The molecule has 0 saturated carbocycles. The van der Waals surface area contributed by atoms with Crippen LogP contribution in [0.25, 0.3) is 0 Å². The topological polar surface area (TPSA) is 307 Å². The summed E-state index contributed by atoms with van der Waals surface area (Å²) in [5, 5.41) is 120. The molecule has 3 aliphatic rings. The SMILES string of the molecule is CC/C=C\C/C=C\C/C=C\C/C=C\C/C=C\CCCCCCCCCCCCCCCCCCCC(=O)NC(COC1OC(CO)C(OC2OC(CO)C(OC3OC(CO)C(O)C(O)C3O)C(O)C2O)C(O)C1O)C(O)/C=C/CCCCCC. The smallest absolute Gasteiger partial charge is 0.220 e. The zero-order valence-electron chi connectivity index (χ0n) is 50.9. The van der Waals surface area contributed by atoms with Gasteiger partial charge < -0.3 is 89.9 Å². The Balaban J connectivity index is 1.30. The van der Waals surface area contributed by atoms with Crippen LogP contribution in [-0.2, 0) is 33.2 Å². The molecule has 12 N–H and O–H groups in total. The van der Waals surface area contributed by atoms with Crippen LogP contribution in [-0.4, -0.2) is 193 Å². The van der Waals surface area contributed by atoms with E-state index in [1.54, 1.807) is 6.08 Å². The highest BCUT2D eigenvalue weighted by atomic mass is 16.8. The molecule has 19 nitrogen and oxygen atoms in total.